The number of hydrogen-bond acceptors (Lipinski definition) is 9. The van der Waals surface area contributed by atoms with Crippen molar-refractivity contribution in [3.8, 4) is 28.9 Å². The van der Waals surface area contributed by atoms with Crippen LogP contribution in [0.25, 0.3) is 11.0 Å². The second kappa shape index (κ2) is 10.4. The predicted octanol–water partition coefficient (Wildman–Crippen LogP) is 3.03. The van der Waals surface area contributed by atoms with Gasteiger partial charge in [0.25, 0.3) is 5.88 Å². The topological polar surface area (TPSA) is 108 Å². The molecule has 11 nitrogen and oxygen atoms in total. The third-order valence-corrected chi connectivity index (χ3v) is 5.82. The van der Waals surface area contributed by atoms with Crippen molar-refractivity contribution < 1.29 is 28.5 Å². The van der Waals surface area contributed by atoms with E-state index in [9.17, 15) is 4.79 Å². The smallest absolute Gasteiger partial charge is 0.323 e. The maximum absolute atomic E-state index is 13.0. The van der Waals surface area contributed by atoms with Crippen molar-refractivity contribution >= 4 is 28.6 Å². The van der Waals surface area contributed by atoms with Gasteiger partial charge in [-0.05, 0) is 0 Å². The van der Waals surface area contributed by atoms with Crippen molar-refractivity contribution in [3.63, 3.8) is 0 Å². The minimum atomic E-state index is -0.278. The highest BCUT2D eigenvalue weighted by atomic mass is 16.5. The number of hydrogen-bond donors (Lipinski definition) is 1. The van der Waals surface area contributed by atoms with Crippen LogP contribution in [0.4, 0.5) is 16.3 Å². The van der Waals surface area contributed by atoms with Crippen molar-refractivity contribution in [1.82, 2.24) is 14.9 Å². The molecule has 0 saturated carbocycles. The fourth-order valence-electron chi connectivity index (χ4n) is 3.91. The van der Waals surface area contributed by atoms with Crippen LogP contribution in [0, 0.1) is 0 Å². The molecule has 0 bridgehead atoms. The van der Waals surface area contributed by atoms with Crippen LogP contribution in [-0.2, 0) is 0 Å². The number of aromatic nitrogens is 2. The quantitative estimate of drug-likeness (QED) is 0.542. The molecule has 0 atom stereocenters. The Bertz CT molecular complexity index is 1190. The molecule has 1 aliphatic rings. The van der Waals surface area contributed by atoms with Crippen LogP contribution in [0.3, 0.4) is 0 Å². The highest BCUT2D eigenvalue weighted by Gasteiger charge is 2.24. The van der Waals surface area contributed by atoms with E-state index < -0.39 is 0 Å². The van der Waals surface area contributed by atoms with E-state index >= 15 is 0 Å². The molecule has 0 aliphatic carbocycles. The fourth-order valence-corrected chi connectivity index (χ4v) is 3.91. The van der Waals surface area contributed by atoms with E-state index in [-0.39, 0.29) is 17.7 Å². The van der Waals surface area contributed by atoms with Crippen LogP contribution in [0.5, 0.6) is 28.9 Å². The summed E-state index contributed by atoms with van der Waals surface area (Å²) in [6.07, 6.45) is 0. The molecule has 1 aromatic heterocycles. The average Bonchev–Trinajstić information content (AvgIpc) is 2.91. The first-order valence-electron chi connectivity index (χ1n) is 11.0. The molecule has 0 radical (unpaired) electrons. The number of carbonyl (C=O) groups is 1. The highest BCUT2D eigenvalue weighted by molar-refractivity contribution is 5.91. The van der Waals surface area contributed by atoms with E-state index in [1.807, 2.05) is 18.2 Å². The second-order valence-electron chi connectivity index (χ2n) is 7.75. The van der Waals surface area contributed by atoms with Gasteiger partial charge in [0.05, 0.1) is 46.6 Å². The number of nitrogens with zero attached hydrogens (tertiary/aromatic N) is 4. The SMILES string of the molecule is COc1cc(OC)cc(N2CCN(C(=O)Nc3nc4cc(OC)c(OC)cc4nc3OC)CC2)c1. The third-order valence-electron chi connectivity index (χ3n) is 5.82. The highest BCUT2D eigenvalue weighted by Crippen LogP contribution is 2.33. The molecule has 1 saturated heterocycles. The zero-order valence-corrected chi connectivity index (χ0v) is 20.5. The summed E-state index contributed by atoms with van der Waals surface area (Å²) in [5.74, 6) is 2.92. The summed E-state index contributed by atoms with van der Waals surface area (Å²) in [7, 11) is 7.82. The zero-order chi connectivity index (χ0) is 24.9. The molecule has 11 heteroatoms. The van der Waals surface area contributed by atoms with Gasteiger partial charge in [0, 0.05) is 62.2 Å². The van der Waals surface area contributed by atoms with Gasteiger partial charge in [-0.2, -0.15) is 0 Å². The predicted molar refractivity (Wildman–Crippen MR) is 132 cm³/mol. The Morgan fingerprint density at radius 3 is 1.83 bits per heavy atom. The first kappa shape index (κ1) is 24.0. The van der Waals surface area contributed by atoms with E-state index in [0.29, 0.717) is 48.7 Å². The summed E-state index contributed by atoms with van der Waals surface area (Å²) in [4.78, 5) is 26.0. The number of rotatable bonds is 7. The Balaban J connectivity index is 1.48. The molecule has 2 aromatic carbocycles. The van der Waals surface area contributed by atoms with Gasteiger partial charge >= 0.3 is 6.03 Å². The van der Waals surface area contributed by atoms with Gasteiger partial charge in [-0.25, -0.2) is 14.8 Å². The molecule has 1 N–H and O–H groups in total. The Labute approximate surface area is 203 Å². The third kappa shape index (κ3) is 5.03. The molecule has 35 heavy (non-hydrogen) atoms. The number of methoxy groups -OCH3 is 5. The van der Waals surface area contributed by atoms with Crippen molar-refractivity contribution in [1.29, 1.82) is 0 Å². The van der Waals surface area contributed by atoms with Crippen LogP contribution in [0.15, 0.2) is 30.3 Å². The molecule has 186 valence electrons. The Morgan fingerprint density at radius 2 is 1.31 bits per heavy atom. The van der Waals surface area contributed by atoms with Crippen LogP contribution in [0.1, 0.15) is 0 Å². The number of amides is 2. The van der Waals surface area contributed by atoms with Gasteiger partial charge < -0.3 is 33.5 Å². The van der Waals surface area contributed by atoms with Crippen molar-refractivity contribution in [2.75, 3.05) is 71.9 Å². The molecule has 0 unspecified atom stereocenters. The molecule has 3 aromatic rings. The normalized spacial score (nSPS) is 13.4. The molecular weight excluding hydrogens is 454 g/mol. The van der Waals surface area contributed by atoms with Crippen LogP contribution >= 0.6 is 0 Å². The number of piperazine rings is 1. The molecule has 2 amide bonds. The van der Waals surface area contributed by atoms with Gasteiger partial charge in [-0.3, -0.25) is 5.32 Å². The second-order valence-corrected chi connectivity index (χ2v) is 7.75. The molecule has 1 aliphatic heterocycles. The van der Waals surface area contributed by atoms with Crippen molar-refractivity contribution in [2.24, 2.45) is 0 Å². The van der Waals surface area contributed by atoms with Crippen molar-refractivity contribution in [2.45, 2.75) is 0 Å². The van der Waals surface area contributed by atoms with Crippen molar-refractivity contribution in [3.05, 3.63) is 30.3 Å². The van der Waals surface area contributed by atoms with E-state index in [0.717, 1.165) is 17.2 Å². The maximum atomic E-state index is 13.0. The summed E-state index contributed by atoms with van der Waals surface area (Å²) in [6, 6.07) is 8.88. The minimum absolute atomic E-state index is 0.209. The number of ether oxygens (including phenoxy) is 5. The van der Waals surface area contributed by atoms with E-state index in [4.69, 9.17) is 23.7 Å². The first-order valence-corrected chi connectivity index (χ1v) is 11.0. The summed E-state index contributed by atoms with van der Waals surface area (Å²) in [5.41, 5.74) is 2.07. The van der Waals surface area contributed by atoms with Gasteiger partial charge in [0.1, 0.15) is 11.5 Å². The lowest BCUT2D eigenvalue weighted by atomic mass is 10.2. The van der Waals surface area contributed by atoms with Crippen LogP contribution in [-0.4, -0.2) is 82.6 Å². The number of carbonyl (C=O) groups excluding carboxylic acids is 1. The Kier molecular flexibility index (Phi) is 7.14. The lowest BCUT2D eigenvalue weighted by Crippen LogP contribution is -2.50. The lowest BCUT2D eigenvalue weighted by molar-refractivity contribution is 0.208. The molecular formula is C24H29N5O6. The average molecular weight is 484 g/mol. The number of fused-ring (bicyclic) bond motifs is 1. The number of nitrogens with one attached hydrogen (secondary N) is 1. The summed E-state index contributed by atoms with van der Waals surface area (Å²) in [5, 5.41) is 2.84. The zero-order valence-electron chi connectivity index (χ0n) is 20.5. The maximum Gasteiger partial charge on any atom is 0.323 e. The Morgan fingerprint density at radius 1 is 0.743 bits per heavy atom. The Hall–Kier alpha value is -4.15. The van der Waals surface area contributed by atoms with E-state index in [1.54, 1.807) is 45.5 Å². The number of benzene rings is 2. The molecule has 0 spiro atoms. The van der Waals surface area contributed by atoms with E-state index in [2.05, 4.69) is 20.2 Å². The van der Waals surface area contributed by atoms with Gasteiger partial charge in [0.15, 0.2) is 17.3 Å². The van der Waals surface area contributed by atoms with Gasteiger partial charge in [-0.1, -0.05) is 0 Å². The van der Waals surface area contributed by atoms with Crippen LogP contribution < -0.4 is 33.9 Å². The minimum Gasteiger partial charge on any atom is -0.497 e. The lowest BCUT2D eigenvalue weighted by Gasteiger charge is -2.36. The largest absolute Gasteiger partial charge is 0.497 e. The van der Waals surface area contributed by atoms with E-state index in [1.165, 1.54) is 7.11 Å². The first-order chi connectivity index (χ1) is 17.0. The molecule has 2 heterocycles. The number of anilines is 2. The fraction of sp³-hybridized carbons (Fsp3) is 0.375. The van der Waals surface area contributed by atoms with Gasteiger partial charge in [-0.15, -0.1) is 0 Å². The number of urea groups is 1. The monoisotopic (exact) mass is 483 g/mol. The van der Waals surface area contributed by atoms with Gasteiger partial charge in [0.2, 0.25) is 0 Å². The summed E-state index contributed by atoms with van der Waals surface area (Å²) < 4.78 is 26.8. The molecule has 1 fully saturated rings. The molecule has 4 rings (SSSR count). The standard InChI is InChI=1S/C24H29N5O6/c1-31-16-10-15(11-17(12-16)32-2)28-6-8-29(9-7-28)24(30)27-22-23(35-5)26-19-14-21(34-4)20(33-3)13-18(19)25-22/h10-14H,6-9H2,1-5H3,(H,25,27,30). The summed E-state index contributed by atoms with van der Waals surface area (Å²) in [6.45, 7) is 2.36. The van der Waals surface area contributed by atoms with Crippen LogP contribution in [0.2, 0.25) is 0 Å². The summed E-state index contributed by atoms with van der Waals surface area (Å²) >= 11 is 0.